The Kier molecular flexibility index (Phi) is 8.02. The summed E-state index contributed by atoms with van der Waals surface area (Å²) in [6.07, 6.45) is 4.74. The van der Waals surface area contributed by atoms with Gasteiger partial charge in [-0.3, -0.25) is 0 Å². The molecule has 1 aliphatic rings. The van der Waals surface area contributed by atoms with Crippen molar-refractivity contribution in [2.45, 2.75) is 58.9 Å². The highest BCUT2D eigenvalue weighted by Gasteiger charge is 2.28. The Morgan fingerprint density at radius 1 is 1.15 bits per heavy atom. The SMILES string of the molecule is CCCNCC1CCN(S(=O)(=O)NC(CC)CC)CC1. The highest BCUT2D eigenvalue weighted by atomic mass is 32.2. The lowest BCUT2D eigenvalue weighted by atomic mass is 9.98. The fraction of sp³-hybridized carbons (Fsp3) is 1.00. The Hall–Kier alpha value is -0.170. The van der Waals surface area contributed by atoms with E-state index in [1.54, 1.807) is 4.31 Å². The Balaban J connectivity index is 2.39. The molecule has 120 valence electrons. The second-order valence-corrected chi connectivity index (χ2v) is 7.39. The third-order valence-corrected chi connectivity index (χ3v) is 5.75. The van der Waals surface area contributed by atoms with Gasteiger partial charge in [0.25, 0.3) is 10.2 Å². The Morgan fingerprint density at radius 3 is 2.25 bits per heavy atom. The van der Waals surface area contributed by atoms with Gasteiger partial charge in [-0.25, -0.2) is 0 Å². The maximum Gasteiger partial charge on any atom is 0.279 e. The molecule has 2 N–H and O–H groups in total. The van der Waals surface area contributed by atoms with Crippen molar-refractivity contribution >= 4 is 10.2 Å². The first-order valence-corrected chi connectivity index (χ1v) is 9.45. The van der Waals surface area contributed by atoms with Crippen LogP contribution in [0.5, 0.6) is 0 Å². The first kappa shape index (κ1) is 17.9. The molecule has 1 saturated heterocycles. The van der Waals surface area contributed by atoms with Crippen LogP contribution >= 0.6 is 0 Å². The summed E-state index contributed by atoms with van der Waals surface area (Å²) in [5.74, 6) is 0.612. The molecule has 0 unspecified atom stereocenters. The highest BCUT2D eigenvalue weighted by molar-refractivity contribution is 7.87. The van der Waals surface area contributed by atoms with Gasteiger partial charge in [0.15, 0.2) is 0 Å². The van der Waals surface area contributed by atoms with E-state index in [0.29, 0.717) is 19.0 Å². The molecule has 6 heteroatoms. The smallest absolute Gasteiger partial charge is 0.279 e. The lowest BCUT2D eigenvalue weighted by Crippen LogP contribution is -2.48. The minimum Gasteiger partial charge on any atom is -0.316 e. The standard InChI is InChI=1S/C14H31N3O2S/c1-4-9-15-12-13-7-10-17(11-8-13)20(18,19)16-14(5-2)6-3/h13-16H,4-12H2,1-3H3. The van der Waals surface area contributed by atoms with Crippen molar-refractivity contribution in [2.24, 2.45) is 5.92 Å². The summed E-state index contributed by atoms with van der Waals surface area (Å²) in [6.45, 7) is 9.55. The van der Waals surface area contributed by atoms with Crippen LogP contribution in [0.3, 0.4) is 0 Å². The van der Waals surface area contributed by atoms with Gasteiger partial charge < -0.3 is 5.32 Å². The summed E-state index contributed by atoms with van der Waals surface area (Å²) < 4.78 is 29.0. The number of piperidine rings is 1. The molecule has 5 nitrogen and oxygen atoms in total. The molecule has 0 amide bonds. The highest BCUT2D eigenvalue weighted by Crippen LogP contribution is 2.19. The van der Waals surface area contributed by atoms with Gasteiger partial charge in [0, 0.05) is 19.1 Å². The second-order valence-electron chi connectivity index (χ2n) is 5.68. The van der Waals surface area contributed by atoms with E-state index in [4.69, 9.17) is 0 Å². The monoisotopic (exact) mass is 305 g/mol. The molecule has 0 atom stereocenters. The average Bonchev–Trinajstić information content (AvgIpc) is 2.45. The number of hydrogen-bond acceptors (Lipinski definition) is 3. The lowest BCUT2D eigenvalue weighted by molar-refractivity contribution is 0.263. The van der Waals surface area contributed by atoms with E-state index in [9.17, 15) is 8.42 Å². The molecular weight excluding hydrogens is 274 g/mol. The van der Waals surface area contributed by atoms with Crippen LogP contribution in [0.1, 0.15) is 52.9 Å². The third-order valence-electron chi connectivity index (χ3n) is 4.07. The quantitative estimate of drug-likeness (QED) is 0.638. The van der Waals surface area contributed by atoms with Gasteiger partial charge in [-0.15, -0.1) is 0 Å². The number of nitrogens with zero attached hydrogens (tertiary/aromatic N) is 1. The van der Waals surface area contributed by atoms with E-state index in [0.717, 1.165) is 45.2 Å². The van der Waals surface area contributed by atoms with Crippen molar-refractivity contribution < 1.29 is 8.42 Å². The summed E-state index contributed by atoms with van der Waals surface area (Å²) in [7, 11) is -3.29. The largest absolute Gasteiger partial charge is 0.316 e. The van der Waals surface area contributed by atoms with Crippen molar-refractivity contribution in [2.75, 3.05) is 26.2 Å². The maximum absolute atomic E-state index is 12.3. The minimum atomic E-state index is -3.29. The first-order chi connectivity index (χ1) is 9.53. The van der Waals surface area contributed by atoms with E-state index >= 15 is 0 Å². The molecular formula is C14H31N3O2S. The van der Waals surface area contributed by atoms with Crippen LogP contribution in [0.4, 0.5) is 0 Å². The zero-order chi connectivity index (χ0) is 15.0. The van der Waals surface area contributed by atoms with E-state index in [2.05, 4.69) is 17.0 Å². The van der Waals surface area contributed by atoms with Gasteiger partial charge in [0.1, 0.15) is 0 Å². The molecule has 0 aliphatic carbocycles. The lowest BCUT2D eigenvalue weighted by Gasteiger charge is -2.32. The maximum atomic E-state index is 12.3. The third kappa shape index (κ3) is 5.68. The normalized spacial score (nSPS) is 18.8. The summed E-state index contributed by atoms with van der Waals surface area (Å²) in [6, 6.07) is 0.0592. The fourth-order valence-corrected chi connectivity index (χ4v) is 4.17. The van der Waals surface area contributed by atoms with Crippen molar-refractivity contribution in [3.63, 3.8) is 0 Å². The van der Waals surface area contributed by atoms with Gasteiger partial charge in [0.05, 0.1) is 0 Å². The Morgan fingerprint density at radius 2 is 1.75 bits per heavy atom. The predicted octanol–water partition coefficient (Wildman–Crippen LogP) is 1.72. The first-order valence-electron chi connectivity index (χ1n) is 8.01. The molecule has 1 aliphatic heterocycles. The molecule has 1 rings (SSSR count). The molecule has 1 fully saturated rings. The van der Waals surface area contributed by atoms with E-state index < -0.39 is 10.2 Å². The van der Waals surface area contributed by atoms with E-state index in [1.807, 2.05) is 13.8 Å². The topological polar surface area (TPSA) is 61.4 Å². The van der Waals surface area contributed by atoms with E-state index in [-0.39, 0.29) is 6.04 Å². The van der Waals surface area contributed by atoms with Crippen molar-refractivity contribution in [1.29, 1.82) is 0 Å². The van der Waals surface area contributed by atoms with Crippen LogP contribution in [0.25, 0.3) is 0 Å². The van der Waals surface area contributed by atoms with Crippen LogP contribution in [-0.4, -0.2) is 44.9 Å². The Labute approximate surface area is 124 Å². The van der Waals surface area contributed by atoms with E-state index in [1.165, 1.54) is 0 Å². The fourth-order valence-electron chi connectivity index (χ4n) is 2.58. The van der Waals surface area contributed by atoms with Crippen LogP contribution < -0.4 is 10.0 Å². The van der Waals surface area contributed by atoms with Gasteiger partial charge in [0.2, 0.25) is 0 Å². The van der Waals surface area contributed by atoms with Crippen LogP contribution in [0.15, 0.2) is 0 Å². The minimum absolute atomic E-state index is 0.0592. The zero-order valence-electron chi connectivity index (χ0n) is 13.2. The molecule has 0 bridgehead atoms. The number of nitrogens with one attached hydrogen (secondary N) is 2. The zero-order valence-corrected chi connectivity index (χ0v) is 14.0. The predicted molar refractivity (Wildman–Crippen MR) is 83.9 cm³/mol. The molecule has 0 spiro atoms. The molecule has 20 heavy (non-hydrogen) atoms. The molecule has 0 aromatic heterocycles. The Bertz CT molecular complexity index is 347. The molecule has 0 aromatic carbocycles. The summed E-state index contributed by atoms with van der Waals surface area (Å²) in [4.78, 5) is 0. The molecule has 0 aromatic rings. The van der Waals surface area contributed by atoms with Crippen molar-refractivity contribution in [3.05, 3.63) is 0 Å². The van der Waals surface area contributed by atoms with Crippen molar-refractivity contribution in [3.8, 4) is 0 Å². The molecule has 0 saturated carbocycles. The van der Waals surface area contributed by atoms with Crippen LogP contribution in [0.2, 0.25) is 0 Å². The number of rotatable bonds is 9. The average molecular weight is 305 g/mol. The summed E-state index contributed by atoms with van der Waals surface area (Å²) in [5.41, 5.74) is 0. The van der Waals surface area contributed by atoms with Crippen LogP contribution in [-0.2, 0) is 10.2 Å². The number of hydrogen-bond donors (Lipinski definition) is 2. The van der Waals surface area contributed by atoms with Gasteiger partial charge in [-0.05, 0) is 51.1 Å². The molecule has 1 heterocycles. The summed E-state index contributed by atoms with van der Waals surface area (Å²) >= 11 is 0. The molecule has 0 radical (unpaired) electrons. The second kappa shape index (κ2) is 8.97. The van der Waals surface area contributed by atoms with Gasteiger partial charge in [-0.2, -0.15) is 17.4 Å². The van der Waals surface area contributed by atoms with Crippen molar-refractivity contribution in [1.82, 2.24) is 14.3 Å². The van der Waals surface area contributed by atoms with Crippen LogP contribution in [0, 0.1) is 5.92 Å². The van der Waals surface area contributed by atoms with Gasteiger partial charge >= 0.3 is 0 Å². The van der Waals surface area contributed by atoms with Gasteiger partial charge in [-0.1, -0.05) is 20.8 Å². The summed E-state index contributed by atoms with van der Waals surface area (Å²) in [5, 5.41) is 3.43.